The number of nitrogens with one attached hydrogen (secondary N) is 1. The lowest BCUT2D eigenvalue weighted by atomic mass is 9.73. The van der Waals surface area contributed by atoms with Crippen molar-refractivity contribution in [3.8, 4) is 0 Å². The van der Waals surface area contributed by atoms with Gasteiger partial charge in [0.2, 0.25) is 0 Å². The van der Waals surface area contributed by atoms with Crippen LogP contribution >= 0.6 is 0 Å². The Labute approximate surface area is 192 Å². The molecule has 1 amide bonds. The molecule has 168 valence electrons. The molecule has 0 radical (unpaired) electrons. The molecule has 1 atom stereocenters. The number of H-pyrrole nitrogens is 1. The number of hydrogen-bond acceptors (Lipinski definition) is 3. The lowest BCUT2D eigenvalue weighted by molar-refractivity contribution is 0.0885. The van der Waals surface area contributed by atoms with Crippen molar-refractivity contribution < 1.29 is 9.18 Å². The molecule has 0 unspecified atom stereocenters. The molecular weight excluding hydrogens is 415 g/mol. The summed E-state index contributed by atoms with van der Waals surface area (Å²) in [6, 6.07) is 12.7. The number of hydrogen-bond donors (Lipinski definition) is 1. The number of rotatable bonds is 4. The summed E-state index contributed by atoms with van der Waals surface area (Å²) in [5, 5.41) is 0.944. The average molecular weight is 443 g/mol. The maximum absolute atomic E-state index is 13.9. The minimum Gasteiger partial charge on any atom is -0.342 e. The van der Waals surface area contributed by atoms with Crippen LogP contribution in [0.4, 0.5) is 4.39 Å². The monoisotopic (exact) mass is 442 g/mol. The van der Waals surface area contributed by atoms with Gasteiger partial charge in [-0.2, -0.15) is 0 Å². The third kappa shape index (κ3) is 3.77. The lowest BCUT2D eigenvalue weighted by Crippen LogP contribution is -2.19. The van der Waals surface area contributed by atoms with Gasteiger partial charge >= 0.3 is 0 Å². The van der Waals surface area contributed by atoms with Gasteiger partial charge in [-0.15, -0.1) is 0 Å². The SMILES string of the molecule is C[C@@H](c1nc2cc(C(=O)N3CC3)ccc2[nH]1)[C@H]1CC[C@@H](c2ccnc3ccc(F)cc32)CC1. The molecule has 6 heteroatoms. The quantitative estimate of drug-likeness (QED) is 0.407. The highest BCUT2D eigenvalue weighted by atomic mass is 19.1. The van der Waals surface area contributed by atoms with E-state index in [1.807, 2.05) is 29.3 Å². The molecule has 6 rings (SSSR count). The Morgan fingerprint density at radius 3 is 2.67 bits per heavy atom. The molecule has 0 spiro atoms. The van der Waals surface area contributed by atoms with Crippen LogP contribution < -0.4 is 0 Å². The summed E-state index contributed by atoms with van der Waals surface area (Å²) in [5.41, 5.74) is 4.65. The smallest absolute Gasteiger partial charge is 0.254 e. The molecule has 1 saturated carbocycles. The highest BCUT2D eigenvalue weighted by Crippen LogP contribution is 2.43. The van der Waals surface area contributed by atoms with Crippen molar-refractivity contribution >= 4 is 27.8 Å². The molecule has 1 aliphatic carbocycles. The zero-order chi connectivity index (χ0) is 22.5. The third-order valence-corrected chi connectivity index (χ3v) is 7.57. The van der Waals surface area contributed by atoms with E-state index in [4.69, 9.17) is 4.98 Å². The van der Waals surface area contributed by atoms with Gasteiger partial charge in [0.15, 0.2) is 0 Å². The van der Waals surface area contributed by atoms with E-state index >= 15 is 0 Å². The van der Waals surface area contributed by atoms with Crippen LogP contribution in [0.1, 0.15) is 66.2 Å². The lowest BCUT2D eigenvalue weighted by Gasteiger charge is -2.32. The van der Waals surface area contributed by atoms with Gasteiger partial charge in [-0.3, -0.25) is 9.78 Å². The average Bonchev–Trinajstić information content (AvgIpc) is 3.61. The Balaban J connectivity index is 1.18. The van der Waals surface area contributed by atoms with Gasteiger partial charge in [0.1, 0.15) is 11.6 Å². The topological polar surface area (TPSA) is 61.6 Å². The second-order valence-corrected chi connectivity index (χ2v) is 9.61. The molecule has 1 saturated heterocycles. The van der Waals surface area contributed by atoms with Crippen LogP contribution in [-0.4, -0.2) is 38.8 Å². The number of carbonyl (C=O) groups is 1. The summed E-state index contributed by atoms with van der Waals surface area (Å²) in [6.07, 6.45) is 6.23. The van der Waals surface area contributed by atoms with Gasteiger partial charge in [-0.1, -0.05) is 6.92 Å². The molecule has 2 aromatic carbocycles. The van der Waals surface area contributed by atoms with Crippen molar-refractivity contribution in [2.45, 2.75) is 44.4 Å². The van der Waals surface area contributed by atoms with Crippen LogP contribution in [0.2, 0.25) is 0 Å². The van der Waals surface area contributed by atoms with Crippen molar-refractivity contribution in [2.75, 3.05) is 13.1 Å². The number of amides is 1. The predicted molar refractivity (Wildman–Crippen MR) is 127 cm³/mol. The molecule has 0 bridgehead atoms. The first-order chi connectivity index (χ1) is 16.1. The molecule has 2 fully saturated rings. The molecule has 2 aliphatic rings. The number of imidazole rings is 1. The number of halogens is 1. The normalized spacial score (nSPS) is 21.5. The standard InChI is InChI=1S/C27H27FN4O/c1-16(26-30-24-8-6-19(14-25(24)31-26)27(33)32-12-13-32)17-2-4-18(5-3-17)21-10-11-29-23-9-7-20(28)15-22(21)23/h6-11,14-18H,2-5,12-13H2,1H3,(H,30,31)/t16-,17-,18+/m1/s1. The minimum atomic E-state index is -0.205. The summed E-state index contributed by atoms with van der Waals surface area (Å²) >= 11 is 0. The van der Waals surface area contributed by atoms with E-state index in [0.717, 1.165) is 66.5 Å². The summed E-state index contributed by atoms with van der Waals surface area (Å²) in [5.74, 6) is 2.18. The van der Waals surface area contributed by atoms with E-state index in [1.165, 1.54) is 11.6 Å². The molecular formula is C27H27FN4O. The van der Waals surface area contributed by atoms with Gasteiger partial charge in [0.25, 0.3) is 5.91 Å². The van der Waals surface area contributed by atoms with Gasteiger partial charge in [-0.25, -0.2) is 9.37 Å². The van der Waals surface area contributed by atoms with Crippen molar-refractivity contribution in [1.82, 2.24) is 19.9 Å². The zero-order valence-corrected chi connectivity index (χ0v) is 18.7. The fourth-order valence-electron chi connectivity index (χ4n) is 5.46. The second-order valence-electron chi connectivity index (χ2n) is 9.61. The highest BCUT2D eigenvalue weighted by Gasteiger charge is 2.30. The first kappa shape index (κ1) is 20.3. The van der Waals surface area contributed by atoms with Crippen LogP contribution in [-0.2, 0) is 0 Å². The molecule has 3 heterocycles. The molecule has 1 N–H and O–H groups in total. The van der Waals surface area contributed by atoms with E-state index in [2.05, 4.69) is 23.0 Å². The number of fused-ring (bicyclic) bond motifs is 2. The Hall–Kier alpha value is -3.28. The second kappa shape index (κ2) is 7.94. The Morgan fingerprint density at radius 1 is 1.06 bits per heavy atom. The fraction of sp³-hybridized carbons (Fsp3) is 0.370. The van der Waals surface area contributed by atoms with Gasteiger partial charge < -0.3 is 9.88 Å². The molecule has 33 heavy (non-hydrogen) atoms. The summed E-state index contributed by atoms with van der Waals surface area (Å²) in [6.45, 7) is 3.96. The molecule has 5 nitrogen and oxygen atoms in total. The maximum Gasteiger partial charge on any atom is 0.254 e. The largest absolute Gasteiger partial charge is 0.342 e. The Morgan fingerprint density at radius 2 is 1.88 bits per heavy atom. The number of aromatic amines is 1. The molecule has 1 aliphatic heterocycles. The Bertz CT molecular complexity index is 1350. The summed E-state index contributed by atoms with van der Waals surface area (Å²) in [7, 11) is 0. The van der Waals surface area contributed by atoms with E-state index in [-0.39, 0.29) is 11.7 Å². The predicted octanol–water partition coefficient (Wildman–Crippen LogP) is 5.78. The number of aromatic nitrogens is 3. The maximum atomic E-state index is 13.9. The summed E-state index contributed by atoms with van der Waals surface area (Å²) < 4.78 is 13.9. The van der Waals surface area contributed by atoms with Crippen molar-refractivity contribution in [3.63, 3.8) is 0 Å². The fourth-order valence-corrected chi connectivity index (χ4v) is 5.46. The third-order valence-electron chi connectivity index (χ3n) is 7.57. The number of carbonyl (C=O) groups excluding carboxylic acids is 1. The van der Waals surface area contributed by atoms with E-state index in [0.29, 0.717) is 23.3 Å². The molecule has 4 aromatic rings. The van der Waals surface area contributed by atoms with Crippen LogP contribution in [0.5, 0.6) is 0 Å². The van der Waals surface area contributed by atoms with Crippen LogP contribution in [0, 0.1) is 11.7 Å². The van der Waals surface area contributed by atoms with E-state index in [1.54, 1.807) is 12.1 Å². The first-order valence-corrected chi connectivity index (χ1v) is 11.9. The van der Waals surface area contributed by atoms with Crippen LogP contribution in [0.25, 0.3) is 21.9 Å². The number of pyridine rings is 1. The zero-order valence-electron chi connectivity index (χ0n) is 18.7. The number of benzene rings is 2. The first-order valence-electron chi connectivity index (χ1n) is 11.9. The van der Waals surface area contributed by atoms with Crippen molar-refractivity contribution in [1.29, 1.82) is 0 Å². The number of nitrogens with zero attached hydrogens (tertiary/aromatic N) is 3. The van der Waals surface area contributed by atoms with Crippen LogP contribution in [0.3, 0.4) is 0 Å². The summed E-state index contributed by atoms with van der Waals surface area (Å²) in [4.78, 5) is 26.9. The molecule has 2 aromatic heterocycles. The van der Waals surface area contributed by atoms with Gasteiger partial charge in [-0.05, 0) is 85.5 Å². The van der Waals surface area contributed by atoms with E-state index in [9.17, 15) is 9.18 Å². The van der Waals surface area contributed by atoms with E-state index < -0.39 is 0 Å². The van der Waals surface area contributed by atoms with Gasteiger partial charge in [0.05, 0.1) is 16.6 Å². The van der Waals surface area contributed by atoms with Gasteiger partial charge in [0, 0.05) is 36.2 Å². The minimum absolute atomic E-state index is 0.0938. The Kier molecular flexibility index (Phi) is 4.89. The van der Waals surface area contributed by atoms with Crippen LogP contribution in [0.15, 0.2) is 48.7 Å². The highest BCUT2D eigenvalue weighted by molar-refractivity contribution is 5.98. The van der Waals surface area contributed by atoms with Crippen molar-refractivity contribution in [3.05, 3.63) is 71.4 Å². The van der Waals surface area contributed by atoms with Crippen molar-refractivity contribution in [2.24, 2.45) is 5.92 Å².